The molecule has 1 N–H and O–H groups in total. The van der Waals surface area contributed by atoms with Crippen molar-refractivity contribution in [1.29, 1.82) is 0 Å². The Balaban J connectivity index is 2.43. The maximum atomic E-state index is 5.82. The number of hydrogen-bond donors (Lipinski definition) is 1. The Morgan fingerprint density at radius 1 is 1.16 bits per heavy atom. The summed E-state index contributed by atoms with van der Waals surface area (Å²) in [5.74, 6) is 2.20. The fraction of sp³-hybridized carbons (Fsp3) is 0.286. The molecule has 1 heterocycles. The predicted molar refractivity (Wildman–Crippen MR) is 74.2 cm³/mol. The fourth-order valence-corrected chi connectivity index (χ4v) is 2.14. The van der Waals surface area contributed by atoms with Gasteiger partial charge in [-0.2, -0.15) is 0 Å². The van der Waals surface area contributed by atoms with Gasteiger partial charge in [-0.25, -0.2) is 0 Å². The van der Waals surface area contributed by atoms with Crippen LogP contribution in [0.15, 0.2) is 34.7 Å². The maximum absolute atomic E-state index is 5.82. The van der Waals surface area contributed by atoms with Crippen molar-refractivity contribution in [2.24, 2.45) is 0 Å². The van der Waals surface area contributed by atoms with Crippen LogP contribution in [0.2, 0.25) is 5.22 Å². The van der Waals surface area contributed by atoms with Gasteiger partial charge in [0.2, 0.25) is 0 Å². The van der Waals surface area contributed by atoms with Crippen molar-refractivity contribution in [2.45, 2.75) is 6.04 Å². The number of furan rings is 1. The summed E-state index contributed by atoms with van der Waals surface area (Å²) in [7, 11) is 5.10. The molecule has 0 radical (unpaired) electrons. The quantitative estimate of drug-likeness (QED) is 0.914. The lowest BCUT2D eigenvalue weighted by molar-refractivity contribution is 0.383. The summed E-state index contributed by atoms with van der Waals surface area (Å²) in [5.41, 5.74) is 0.955. The summed E-state index contributed by atoms with van der Waals surface area (Å²) in [4.78, 5) is 0. The molecule has 1 aromatic carbocycles. The zero-order chi connectivity index (χ0) is 13.8. The first-order chi connectivity index (χ1) is 9.19. The third-order valence-electron chi connectivity index (χ3n) is 2.92. The summed E-state index contributed by atoms with van der Waals surface area (Å²) in [6, 6.07) is 9.09. The van der Waals surface area contributed by atoms with E-state index in [2.05, 4.69) is 5.32 Å². The Bertz CT molecular complexity index is 553. The SMILES string of the molecule is CNC(c1ccc(Cl)o1)c1ccc(OC)cc1OC. The average molecular weight is 282 g/mol. The normalized spacial score (nSPS) is 12.2. The van der Waals surface area contributed by atoms with Crippen molar-refractivity contribution in [3.63, 3.8) is 0 Å². The van der Waals surface area contributed by atoms with Gasteiger partial charge < -0.3 is 19.2 Å². The first-order valence-electron chi connectivity index (χ1n) is 5.84. The minimum Gasteiger partial charge on any atom is -0.497 e. The highest BCUT2D eigenvalue weighted by Crippen LogP contribution is 2.34. The lowest BCUT2D eigenvalue weighted by atomic mass is 10.0. The molecule has 5 heteroatoms. The van der Waals surface area contributed by atoms with Gasteiger partial charge in [-0.05, 0) is 42.9 Å². The molecule has 0 aliphatic heterocycles. The van der Waals surface area contributed by atoms with Crippen LogP contribution in [0.3, 0.4) is 0 Å². The number of rotatable bonds is 5. The van der Waals surface area contributed by atoms with Crippen molar-refractivity contribution in [1.82, 2.24) is 5.32 Å². The molecule has 2 aromatic rings. The van der Waals surface area contributed by atoms with Gasteiger partial charge in [0.05, 0.1) is 20.3 Å². The van der Waals surface area contributed by atoms with Gasteiger partial charge in [0.15, 0.2) is 5.22 Å². The van der Waals surface area contributed by atoms with Gasteiger partial charge in [0.25, 0.3) is 0 Å². The second-order valence-electron chi connectivity index (χ2n) is 3.97. The zero-order valence-electron chi connectivity index (χ0n) is 11.1. The van der Waals surface area contributed by atoms with Gasteiger partial charge in [-0.3, -0.25) is 0 Å². The molecule has 0 bridgehead atoms. The number of halogens is 1. The molecule has 0 amide bonds. The van der Waals surface area contributed by atoms with Crippen LogP contribution in [-0.2, 0) is 0 Å². The van der Waals surface area contributed by atoms with Crippen molar-refractivity contribution in [2.75, 3.05) is 21.3 Å². The average Bonchev–Trinajstić information content (AvgIpc) is 2.86. The van der Waals surface area contributed by atoms with Crippen molar-refractivity contribution in [3.8, 4) is 11.5 Å². The van der Waals surface area contributed by atoms with Crippen LogP contribution in [0, 0.1) is 0 Å². The van der Waals surface area contributed by atoms with Gasteiger partial charge in [-0.15, -0.1) is 0 Å². The Kier molecular flexibility index (Phi) is 4.35. The topological polar surface area (TPSA) is 43.6 Å². The highest BCUT2D eigenvalue weighted by atomic mass is 35.5. The van der Waals surface area contributed by atoms with Gasteiger partial charge >= 0.3 is 0 Å². The highest BCUT2D eigenvalue weighted by Gasteiger charge is 2.20. The van der Waals surface area contributed by atoms with E-state index in [0.717, 1.165) is 22.8 Å². The van der Waals surface area contributed by atoms with Crippen molar-refractivity contribution >= 4 is 11.6 Å². The standard InChI is InChI=1S/C14H16ClNO3/c1-16-14(11-6-7-13(15)19-11)10-5-4-9(17-2)8-12(10)18-3/h4-8,14,16H,1-3H3. The Hall–Kier alpha value is -1.65. The van der Waals surface area contributed by atoms with Gasteiger partial charge in [0.1, 0.15) is 17.3 Å². The van der Waals surface area contributed by atoms with Crippen LogP contribution < -0.4 is 14.8 Å². The number of hydrogen-bond acceptors (Lipinski definition) is 4. The van der Waals surface area contributed by atoms with E-state index in [1.165, 1.54) is 0 Å². The van der Waals surface area contributed by atoms with Crippen molar-refractivity contribution in [3.05, 3.63) is 46.9 Å². The van der Waals surface area contributed by atoms with Crippen LogP contribution in [0.5, 0.6) is 11.5 Å². The lowest BCUT2D eigenvalue weighted by Crippen LogP contribution is -2.17. The van der Waals surface area contributed by atoms with E-state index in [0.29, 0.717) is 5.22 Å². The van der Waals surface area contributed by atoms with Crippen LogP contribution in [0.25, 0.3) is 0 Å². The lowest BCUT2D eigenvalue weighted by Gasteiger charge is -2.18. The number of ether oxygens (including phenoxy) is 2. The monoisotopic (exact) mass is 281 g/mol. The molecule has 0 fully saturated rings. The first-order valence-corrected chi connectivity index (χ1v) is 6.21. The fourth-order valence-electron chi connectivity index (χ4n) is 1.99. The Labute approximate surface area is 117 Å². The molecule has 2 rings (SSSR count). The van der Waals surface area contributed by atoms with Crippen LogP contribution in [0.1, 0.15) is 17.4 Å². The third kappa shape index (κ3) is 2.85. The summed E-state index contributed by atoms with van der Waals surface area (Å²) < 4.78 is 16.1. The second kappa shape index (κ2) is 5.99. The smallest absolute Gasteiger partial charge is 0.193 e. The van der Waals surface area contributed by atoms with E-state index in [9.17, 15) is 0 Å². The first kappa shape index (κ1) is 13.8. The molecule has 0 spiro atoms. The van der Waals surface area contributed by atoms with E-state index < -0.39 is 0 Å². The molecule has 0 saturated carbocycles. The molecule has 0 aliphatic carbocycles. The van der Waals surface area contributed by atoms with Crippen LogP contribution in [-0.4, -0.2) is 21.3 Å². The largest absolute Gasteiger partial charge is 0.497 e. The zero-order valence-corrected chi connectivity index (χ0v) is 11.8. The molecule has 0 aliphatic rings. The molecular formula is C14H16ClNO3. The molecule has 0 saturated heterocycles. The van der Waals surface area contributed by atoms with Gasteiger partial charge in [-0.1, -0.05) is 0 Å². The molecule has 1 unspecified atom stereocenters. The van der Waals surface area contributed by atoms with E-state index in [-0.39, 0.29) is 6.04 Å². The van der Waals surface area contributed by atoms with Crippen LogP contribution in [0.4, 0.5) is 0 Å². The summed E-state index contributed by atoms with van der Waals surface area (Å²) in [5, 5.41) is 3.55. The maximum Gasteiger partial charge on any atom is 0.193 e. The molecule has 1 atom stereocenters. The minimum absolute atomic E-state index is 0.131. The molecule has 4 nitrogen and oxygen atoms in total. The summed E-state index contributed by atoms with van der Waals surface area (Å²) >= 11 is 5.82. The Morgan fingerprint density at radius 2 is 1.95 bits per heavy atom. The van der Waals surface area contributed by atoms with Gasteiger partial charge in [0, 0.05) is 11.6 Å². The van der Waals surface area contributed by atoms with Crippen molar-refractivity contribution < 1.29 is 13.9 Å². The predicted octanol–water partition coefficient (Wildman–Crippen LogP) is 3.26. The molecule has 102 valence electrons. The number of nitrogens with one attached hydrogen (secondary N) is 1. The molecule has 1 aromatic heterocycles. The van der Waals surface area contributed by atoms with E-state index >= 15 is 0 Å². The second-order valence-corrected chi connectivity index (χ2v) is 4.34. The summed E-state index contributed by atoms with van der Waals surface area (Å²) in [6.07, 6.45) is 0. The highest BCUT2D eigenvalue weighted by molar-refractivity contribution is 6.28. The molecular weight excluding hydrogens is 266 g/mol. The van der Waals surface area contributed by atoms with Crippen LogP contribution >= 0.6 is 11.6 Å². The number of benzene rings is 1. The van der Waals surface area contributed by atoms with E-state index in [4.69, 9.17) is 25.5 Å². The molecule has 19 heavy (non-hydrogen) atoms. The van der Waals surface area contributed by atoms with E-state index in [1.807, 2.05) is 31.3 Å². The minimum atomic E-state index is -0.131. The Morgan fingerprint density at radius 3 is 2.47 bits per heavy atom. The number of methoxy groups -OCH3 is 2. The van der Waals surface area contributed by atoms with E-state index in [1.54, 1.807) is 20.3 Å². The third-order valence-corrected chi connectivity index (χ3v) is 3.12. The summed E-state index contributed by atoms with van der Waals surface area (Å²) in [6.45, 7) is 0.